The first kappa shape index (κ1) is 22.8. The Hall–Kier alpha value is -3.95. The molecule has 0 unspecified atom stereocenters. The number of imidazole rings is 1. The highest BCUT2D eigenvalue weighted by atomic mass is 16.5. The molecule has 5 N–H and O–H groups in total. The third-order valence-electron chi connectivity index (χ3n) is 6.30. The molecule has 9 nitrogen and oxygen atoms in total. The minimum atomic E-state index is -0.0829. The fourth-order valence-corrected chi connectivity index (χ4v) is 4.41. The van der Waals surface area contributed by atoms with Crippen LogP contribution in [-0.2, 0) is 4.74 Å². The van der Waals surface area contributed by atoms with Crippen molar-refractivity contribution in [3.05, 3.63) is 66.1 Å². The predicted octanol–water partition coefficient (Wildman–Crippen LogP) is 3.62. The molecule has 1 aliphatic rings. The van der Waals surface area contributed by atoms with Gasteiger partial charge in [-0.1, -0.05) is 12.1 Å². The fourth-order valence-electron chi connectivity index (χ4n) is 4.41. The lowest BCUT2D eigenvalue weighted by atomic mass is 10.0. The van der Waals surface area contributed by atoms with Crippen molar-refractivity contribution in [3.63, 3.8) is 0 Å². The van der Waals surface area contributed by atoms with E-state index in [0.717, 1.165) is 54.6 Å². The van der Waals surface area contributed by atoms with Crippen LogP contribution in [-0.4, -0.2) is 58.1 Å². The summed E-state index contributed by atoms with van der Waals surface area (Å²) in [5.41, 5.74) is 13.1. The number of nitrogens with zero attached hydrogens (tertiary/aromatic N) is 4. The first-order valence-electron chi connectivity index (χ1n) is 11.7. The number of benzene rings is 2. The van der Waals surface area contributed by atoms with Crippen molar-refractivity contribution >= 4 is 34.2 Å². The zero-order valence-electron chi connectivity index (χ0n) is 19.7. The van der Waals surface area contributed by atoms with Crippen molar-refractivity contribution in [2.24, 2.45) is 0 Å². The smallest absolute Gasteiger partial charge is 0.180 e. The summed E-state index contributed by atoms with van der Waals surface area (Å²) in [5.74, 6) is 0.644. The molecule has 0 saturated carbocycles. The number of fused-ring (bicyclic) bond motifs is 1. The molecule has 0 spiro atoms. The van der Waals surface area contributed by atoms with Gasteiger partial charge in [0.05, 0.1) is 18.9 Å². The van der Waals surface area contributed by atoms with E-state index in [1.54, 1.807) is 6.20 Å². The molecule has 35 heavy (non-hydrogen) atoms. The second-order valence-corrected chi connectivity index (χ2v) is 8.54. The number of rotatable bonds is 7. The van der Waals surface area contributed by atoms with E-state index in [1.807, 2.05) is 47.9 Å². The highest BCUT2D eigenvalue weighted by Crippen LogP contribution is 2.30. The Bertz CT molecular complexity index is 1360. The molecule has 0 amide bonds. The van der Waals surface area contributed by atoms with Gasteiger partial charge in [-0.25, -0.2) is 9.97 Å². The van der Waals surface area contributed by atoms with Gasteiger partial charge in [0.15, 0.2) is 11.5 Å². The van der Waals surface area contributed by atoms with Gasteiger partial charge in [-0.2, -0.15) is 0 Å². The molecule has 0 atom stereocenters. The summed E-state index contributed by atoms with van der Waals surface area (Å²) >= 11 is 0. The van der Waals surface area contributed by atoms with Gasteiger partial charge < -0.3 is 31.2 Å². The molecule has 5 rings (SSSR count). The van der Waals surface area contributed by atoms with E-state index >= 15 is 0 Å². The van der Waals surface area contributed by atoms with Crippen molar-refractivity contribution in [2.75, 3.05) is 48.9 Å². The molecule has 2 aromatic heterocycles. The maximum atomic E-state index is 9.16. The summed E-state index contributed by atoms with van der Waals surface area (Å²) in [4.78, 5) is 11.8. The van der Waals surface area contributed by atoms with Crippen LogP contribution in [0.4, 0.5) is 22.9 Å². The Kier molecular flexibility index (Phi) is 6.35. The van der Waals surface area contributed by atoms with Gasteiger partial charge in [0.25, 0.3) is 0 Å². The summed E-state index contributed by atoms with van der Waals surface area (Å²) in [6.45, 7) is 5.21. The van der Waals surface area contributed by atoms with E-state index in [9.17, 15) is 0 Å². The lowest BCUT2D eigenvalue weighted by Gasteiger charge is -2.28. The highest BCUT2D eigenvalue weighted by molar-refractivity contribution is 6.03. The molecule has 1 saturated heterocycles. The van der Waals surface area contributed by atoms with Gasteiger partial charge in [0.1, 0.15) is 0 Å². The Morgan fingerprint density at radius 2 is 1.94 bits per heavy atom. The van der Waals surface area contributed by atoms with E-state index in [4.69, 9.17) is 26.0 Å². The van der Waals surface area contributed by atoms with Crippen LogP contribution in [0, 0.1) is 12.3 Å². The van der Waals surface area contributed by atoms with Crippen LogP contribution in [0.1, 0.15) is 17.7 Å². The van der Waals surface area contributed by atoms with E-state index in [-0.39, 0.29) is 13.0 Å². The molecule has 1 aliphatic heterocycles. The highest BCUT2D eigenvalue weighted by Gasteiger charge is 2.16. The third-order valence-corrected chi connectivity index (χ3v) is 6.30. The van der Waals surface area contributed by atoms with Crippen LogP contribution < -0.4 is 16.0 Å². The van der Waals surface area contributed by atoms with Crippen LogP contribution in [0.5, 0.6) is 0 Å². The standard InChI is InChI=1S/C26H29N7O2/c1-17-24(18-2-7-21(23(28)16-18)22(27)8-13-34)31-25(26-29-9-10-33(17)26)30-19-3-5-20(6-4-19)32-11-14-35-15-12-32/h2-7,9-10,16,27,34H,8,11-15,28H2,1H3,(H,30,31). The number of hydrogen-bond acceptors (Lipinski definition) is 8. The molecular formula is C26H29N7O2. The van der Waals surface area contributed by atoms with Crippen LogP contribution in [0.2, 0.25) is 0 Å². The van der Waals surface area contributed by atoms with Gasteiger partial charge in [-0.05, 0) is 37.3 Å². The number of aromatic nitrogens is 3. The van der Waals surface area contributed by atoms with Gasteiger partial charge >= 0.3 is 0 Å². The van der Waals surface area contributed by atoms with E-state index in [2.05, 4.69) is 27.3 Å². The number of ether oxygens (including phenoxy) is 1. The minimum Gasteiger partial charge on any atom is -0.398 e. The Morgan fingerprint density at radius 3 is 2.66 bits per heavy atom. The first-order valence-corrected chi connectivity index (χ1v) is 11.7. The molecule has 9 heteroatoms. The first-order chi connectivity index (χ1) is 17.0. The number of aliphatic hydroxyl groups is 1. The Balaban J connectivity index is 1.47. The third kappa shape index (κ3) is 4.55. The Morgan fingerprint density at radius 1 is 1.17 bits per heavy atom. The summed E-state index contributed by atoms with van der Waals surface area (Å²) in [6, 6.07) is 13.9. The summed E-state index contributed by atoms with van der Waals surface area (Å²) in [5, 5.41) is 20.7. The van der Waals surface area contributed by atoms with Crippen molar-refractivity contribution in [1.29, 1.82) is 5.41 Å². The summed E-state index contributed by atoms with van der Waals surface area (Å²) in [6.07, 6.45) is 3.94. The molecule has 0 radical (unpaired) electrons. The molecule has 2 aromatic carbocycles. The van der Waals surface area contributed by atoms with Crippen molar-refractivity contribution in [1.82, 2.24) is 14.4 Å². The van der Waals surface area contributed by atoms with Crippen LogP contribution in [0.15, 0.2) is 54.9 Å². The quantitative estimate of drug-likeness (QED) is 0.240. The molecule has 1 fully saturated rings. The van der Waals surface area contributed by atoms with Gasteiger partial charge in [0, 0.05) is 78.1 Å². The van der Waals surface area contributed by atoms with Crippen molar-refractivity contribution in [3.8, 4) is 11.3 Å². The summed E-state index contributed by atoms with van der Waals surface area (Å²) in [7, 11) is 0. The van der Waals surface area contributed by atoms with E-state index in [1.165, 1.54) is 5.69 Å². The lowest BCUT2D eigenvalue weighted by molar-refractivity contribution is 0.122. The second-order valence-electron chi connectivity index (χ2n) is 8.54. The minimum absolute atomic E-state index is 0.0829. The molecule has 0 aliphatic carbocycles. The molecular weight excluding hydrogens is 442 g/mol. The molecule has 180 valence electrons. The zero-order chi connectivity index (χ0) is 24.4. The fraction of sp³-hybridized carbons (Fsp3) is 0.269. The van der Waals surface area contributed by atoms with Crippen LogP contribution in [0.25, 0.3) is 16.9 Å². The number of aliphatic hydroxyl groups excluding tert-OH is 1. The van der Waals surface area contributed by atoms with Gasteiger partial charge in [-0.15, -0.1) is 0 Å². The van der Waals surface area contributed by atoms with E-state index in [0.29, 0.717) is 22.8 Å². The predicted molar refractivity (Wildman–Crippen MR) is 139 cm³/mol. The average molecular weight is 472 g/mol. The average Bonchev–Trinajstić information content (AvgIpc) is 3.38. The topological polar surface area (TPSA) is 125 Å². The normalized spacial score (nSPS) is 13.8. The largest absolute Gasteiger partial charge is 0.398 e. The number of aryl methyl sites for hydroxylation is 1. The van der Waals surface area contributed by atoms with Crippen LogP contribution >= 0.6 is 0 Å². The van der Waals surface area contributed by atoms with Gasteiger partial charge in [-0.3, -0.25) is 4.40 Å². The van der Waals surface area contributed by atoms with Gasteiger partial charge in [0.2, 0.25) is 0 Å². The monoisotopic (exact) mass is 471 g/mol. The molecule has 4 aromatic rings. The molecule has 0 bridgehead atoms. The van der Waals surface area contributed by atoms with Crippen molar-refractivity contribution < 1.29 is 9.84 Å². The number of nitrogens with one attached hydrogen (secondary N) is 2. The maximum Gasteiger partial charge on any atom is 0.180 e. The maximum absolute atomic E-state index is 9.16. The zero-order valence-corrected chi connectivity index (χ0v) is 19.7. The SMILES string of the molecule is Cc1c(-c2ccc(C(=N)CCO)c(N)c2)nc(Nc2ccc(N3CCOCC3)cc2)c2nccn12. The van der Waals surface area contributed by atoms with Crippen LogP contribution in [0.3, 0.4) is 0 Å². The number of nitrogens with two attached hydrogens (primary N) is 1. The number of anilines is 4. The molecule has 3 heterocycles. The lowest BCUT2D eigenvalue weighted by Crippen LogP contribution is -2.36. The second kappa shape index (κ2) is 9.73. The summed E-state index contributed by atoms with van der Waals surface area (Å²) < 4.78 is 7.46. The number of morpholine rings is 1. The van der Waals surface area contributed by atoms with E-state index < -0.39 is 0 Å². The number of nitrogen functional groups attached to an aromatic ring is 1. The Labute approximate surface area is 203 Å². The number of hydrogen-bond donors (Lipinski definition) is 4. The van der Waals surface area contributed by atoms with Crippen molar-refractivity contribution in [2.45, 2.75) is 13.3 Å².